The van der Waals surface area contributed by atoms with Crippen LogP contribution in [0.25, 0.3) is 10.2 Å². The summed E-state index contributed by atoms with van der Waals surface area (Å²) in [4.78, 5) is 16.4. The second kappa shape index (κ2) is 7.51. The highest BCUT2D eigenvalue weighted by Gasteiger charge is 2.17. The highest BCUT2D eigenvalue weighted by atomic mass is 32.2. The summed E-state index contributed by atoms with van der Waals surface area (Å²) in [6, 6.07) is 10.6. The number of benzene rings is 2. The summed E-state index contributed by atoms with van der Waals surface area (Å²) in [5.41, 5.74) is 1.51. The van der Waals surface area contributed by atoms with E-state index in [0.29, 0.717) is 0 Å². The van der Waals surface area contributed by atoms with E-state index in [1.165, 1.54) is 29.5 Å². The number of fused-ring (bicyclic) bond motifs is 1. The Morgan fingerprint density at radius 1 is 1.19 bits per heavy atom. The maximum absolute atomic E-state index is 12.8. The Balaban J connectivity index is 1.59. The van der Waals surface area contributed by atoms with E-state index < -0.39 is 9.84 Å². The fourth-order valence-corrected chi connectivity index (χ4v) is 4.65. The lowest BCUT2D eigenvalue weighted by Gasteiger charge is -2.07. The molecule has 5 nitrogen and oxygen atoms in total. The van der Waals surface area contributed by atoms with E-state index >= 15 is 0 Å². The third-order valence-electron chi connectivity index (χ3n) is 3.83. The highest BCUT2D eigenvalue weighted by molar-refractivity contribution is 7.91. The number of carbonyl (C=O) groups excluding carboxylic acids is 1. The Hall–Kier alpha value is -2.32. The van der Waals surface area contributed by atoms with Crippen LogP contribution in [0.4, 0.5) is 4.39 Å². The van der Waals surface area contributed by atoms with Gasteiger partial charge >= 0.3 is 0 Å². The van der Waals surface area contributed by atoms with Crippen LogP contribution in [0.1, 0.15) is 17.0 Å². The largest absolute Gasteiger partial charge is 0.352 e. The highest BCUT2D eigenvalue weighted by Crippen LogP contribution is 2.25. The molecule has 0 aliphatic heterocycles. The molecule has 1 amide bonds. The number of rotatable bonds is 6. The first-order valence-corrected chi connectivity index (χ1v) is 10.4. The van der Waals surface area contributed by atoms with Gasteiger partial charge in [-0.3, -0.25) is 4.79 Å². The fraction of sp³-hybridized carbons (Fsp3) is 0.222. The van der Waals surface area contributed by atoms with Crippen LogP contribution >= 0.6 is 11.3 Å². The summed E-state index contributed by atoms with van der Waals surface area (Å²) in [6.45, 7) is 2.09. The summed E-state index contributed by atoms with van der Waals surface area (Å²) in [5.74, 6) is -0.988. The van der Waals surface area contributed by atoms with Crippen LogP contribution in [-0.4, -0.2) is 25.1 Å². The summed E-state index contributed by atoms with van der Waals surface area (Å²) < 4.78 is 38.6. The molecule has 1 N–H and O–H groups in total. The molecule has 136 valence electrons. The summed E-state index contributed by atoms with van der Waals surface area (Å²) in [5, 5.41) is 3.51. The molecule has 3 rings (SSSR count). The molecule has 0 unspecified atom stereocenters. The molecule has 0 aliphatic rings. The average Bonchev–Trinajstić information content (AvgIpc) is 2.98. The molecule has 0 fully saturated rings. The van der Waals surface area contributed by atoms with Crippen molar-refractivity contribution in [3.63, 3.8) is 0 Å². The lowest BCUT2D eigenvalue weighted by Crippen LogP contribution is -2.25. The van der Waals surface area contributed by atoms with Gasteiger partial charge < -0.3 is 5.32 Å². The van der Waals surface area contributed by atoms with Crippen molar-refractivity contribution in [3.8, 4) is 0 Å². The quantitative estimate of drug-likeness (QED) is 0.699. The van der Waals surface area contributed by atoms with E-state index in [0.717, 1.165) is 20.8 Å². The van der Waals surface area contributed by atoms with Gasteiger partial charge in [-0.2, -0.15) is 0 Å². The topological polar surface area (TPSA) is 76.1 Å². The Morgan fingerprint density at radius 2 is 1.92 bits per heavy atom. The van der Waals surface area contributed by atoms with Crippen LogP contribution in [0.3, 0.4) is 0 Å². The van der Waals surface area contributed by atoms with Gasteiger partial charge in [0.05, 0.1) is 25.9 Å². The second-order valence-corrected chi connectivity index (χ2v) is 9.18. The first-order valence-electron chi connectivity index (χ1n) is 7.94. The van der Waals surface area contributed by atoms with Gasteiger partial charge in [0.25, 0.3) is 0 Å². The molecular formula is C18H17FN2O3S2. The molecular weight excluding hydrogens is 375 g/mol. The van der Waals surface area contributed by atoms with Gasteiger partial charge in [0.1, 0.15) is 5.82 Å². The average molecular weight is 392 g/mol. The van der Waals surface area contributed by atoms with E-state index in [1.54, 1.807) is 24.3 Å². The van der Waals surface area contributed by atoms with Crippen LogP contribution in [-0.2, 0) is 21.2 Å². The van der Waals surface area contributed by atoms with Gasteiger partial charge in [0.2, 0.25) is 5.91 Å². The third kappa shape index (κ3) is 4.44. The summed E-state index contributed by atoms with van der Waals surface area (Å²) in [7, 11) is -3.56. The maximum Gasteiger partial charge on any atom is 0.221 e. The van der Waals surface area contributed by atoms with Gasteiger partial charge in [0, 0.05) is 13.0 Å². The molecule has 0 saturated carbocycles. The number of carbonyl (C=O) groups is 1. The molecule has 3 aromatic rings. The van der Waals surface area contributed by atoms with Crippen molar-refractivity contribution in [3.05, 3.63) is 58.9 Å². The van der Waals surface area contributed by atoms with Crippen molar-refractivity contribution < 1.29 is 17.6 Å². The van der Waals surface area contributed by atoms with E-state index in [9.17, 15) is 17.6 Å². The van der Waals surface area contributed by atoms with E-state index in [2.05, 4.69) is 10.3 Å². The Labute approximate surface area is 154 Å². The molecule has 0 spiro atoms. The number of aryl methyl sites for hydroxylation is 1. The molecule has 0 radical (unpaired) electrons. The van der Waals surface area contributed by atoms with Crippen molar-refractivity contribution in [1.29, 1.82) is 0 Å². The molecule has 0 bridgehead atoms. The molecule has 1 aromatic heterocycles. The van der Waals surface area contributed by atoms with Crippen LogP contribution in [0.2, 0.25) is 0 Å². The number of thiazole rings is 1. The van der Waals surface area contributed by atoms with Crippen molar-refractivity contribution in [2.45, 2.75) is 24.8 Å². The van der Waals surface area contributed by atoms with E-state index in [4.69, 9.17) is 0 Å². The number of aromatic nitrogens is 1. The van der Waals surface area contributed by atoms with E-state index in [1.807, 2.05) is 6.92 Å². The zero-order valence-electron chi connectivity index (χ0n) is 14.0. The molecule has 0 aliphatic carbocycles. The number of nitrogens with one attached hydrogen (secondary N) is 1. The normalized spacial score (nSPS) is 11.6. The standard InChI is InChI=1S/C18H17FN2O3S2/c1-12-21-16-7-6-15(10-17(16)25-12)26(23,24)9-8-18(22)20-11-13-2-4-14(19)5-3-13/h2-7,10H,8-9,11H2,1H3,(H,20,22). The number of halogens is 1. The predicted octanol–water partition coefficient (Wildman–Crippen LogP) is 3.22. The fourth-order valence-electron chi connectivity index (χ4n) is 2.45. The predicted molar refractivity (Wildman–Crippen MR) is 99.3 cm³/mol. The minimum absolute atomic E-state index is 0.136. The smallest absolute Gasteiger partial charge is 0.221 e. The zero-order valence-corrected chi connectivity index (χ0v) is 15.7. The number of hydrogen-bond acceptors (Lipinski definition) is 5. The van der Waals surface area contributed by atoms with Gasteiger partial charge in [0.15, 0.2) is 9.84 Å². The molecule has 0 atom stereocenters. The van der Waals surface area contributed by atoms with Gasteiger partial charge in [-0.05, 0) is 42.8 Å². The monoisotopic (exact) mass is 392 g/mol. The Kier molecular flexibility index (Phi) is 5.33. The summed E-state index contributed by atoms with van der Waals surface area (Å²) in [6.07, 6.45) is -0.136. The minimum Gasteiger partial charge on any atom is -0.352 e. The lowest BCUT2D eigenvalue weighted by atomic mass is 10.2. The maximum atomic E-state index is 12.8. The Bertz CT molecular complexity index is 1040. The summed E-state index contributed by atoms with van der Waals surface area (Å²) >= 11 is 1.43. The van der Waals surface area contributed by atoms with Gasteiger partial charge in [-0.15, -0.1) is 11.3 Å². The minimum atomic E-state index is -3.56. The molecule has 8 heteroatoms. The number of hydrogen-bond donors (Lipinski definition) is 1. The second-order valence-electron chi connectivity index (χ2n) is 5.83. The van der Waals surface area contributed by atoms with Crippen LogP contribution in [0.15, 0.2) is 47.4 Å². The van der Waals surface area contributed by atoms with Crippen molar-refractivity contribution >= 4 is 37.3 Å². The van der Waals surface area contributed by atoms with Crippen molar-refractivity contribution in [1.82, 2.24) is 10.3 Å². The number of sulfone groups is 1. The Morgan fingerprint density at radius 3 is 2.65 bits per heavy atom. The van der Waals surface area contributed by atoms with Crippen LogP contribution in [0.5, 0.6) is 0 Å². The SMILES string of the molecule is Cc1nc2ccc(S(=O)(=O)CCC(=O)NCc3ccc(F)cc3)cc2s1. The van der Waals surface area contributed by atoms with Crippen LogP contribution < -0.4 is 5.32 Å². The van der Waals surface area contributed by atoms with E-state index in [-0.39, 0.29) is 35.3 Å². The molecule has 2 aromatic carbocycles. The first-order chi connectivity index (χ1) is 12.3. The number of nitrogens with zero attached hydrogens (tertiary/aromatic N) is 1. The van der Waals surface area contributed by atoms with Crippen molar-refractivity contribution in [2.75, 3.05) is 5.75 Å². The third-order valence-corrected chi connectivity index (χ3v) is 6.47. The van der Waals surface area contributed by atoms with Gasteiger partial charge in [-0.1, -0.05) is 12.1 Å². The zero-order chi connectivity index (χ0) is 18.7. The molecule has 1 heterocycles. The van der Waals surface area contributed by atoms with Gasteiger partial charge in [-0.25, -0.2) is 17.8 Å². The van der Waals surface area contributed by atoms with Crippen molar-refractivity contribution in [2.24, 2.45) is 0 Å². The number of amides is 1. The molecule has 0 saturated heterocycles. The molecule has 26 heavy (non-hydrogen) atoms. The van der Waals surface area contributed by atoms with Crippen LogP contribution in [0, 0.1) is 12.7 Å². The lowest BCUT2D eigenvalue weighted by molar-refractivity contribution is -0.120. The first kappa shape index (κ1) is 18.5.